The number of nitrogens with zero attached hydrogens (tertiary/aromatic N) is 3. The number of rotatable bonds is 6. The first-order valence-corrected chi connectivity index (χ1v) is 10.4. The summed E-state index contributed by atoms with van der Waals surface area (Å²) in [5.41, 5.74) is 4.87. The first-order chi connectivity index (χ1) is 15.2. The molecule has 0 saturated carbocycles. The first-order valence-electron chi connectivity index (χ1n) is 10.4. The topological polar surface area (TPSA) is 111 Å². The molecule has 1 unspecified atom stereocenters. The van der Waals surface area contributed by atoms with Gasteiger partial charge in [-0.3, -0.25) is 15.4 Å². The van der Waals surface area contributed by atoms with E-state index in [0.717, 1.165) is 40.8 Å². The fourth-order valence-electron chi connectivity index (χ4n) is 4.11. The Bertz CT molecular complexity index is 1180. The Hall–Kier alpha value is -3.33. The van der Waals surface area contributed by atoms with Crippen LogP contribution in [0.4, 0.5) is 5.82 Å². The van der Waals surface area contributed by atoms with Gasteiger partial charge in [0.05, 0.1) is 5.52 Å². The maximum Gasteiger partial charge on any atom is 0.182 e. The fourth-order valence-corrected chi connectivity index (χ4v) is 4.11. The summed E-state index contributed by atoms with van der Waals surface area (Å²) in [6, 6.07) is 16.6. The highest BCUT2D eigenvalue weighted by molar-refractivity contribution is 5.93. The molecule has 1 aliphatic heterocycles. The molecule has 4 heterocycles. The summed E-state index contributed by atoms with van der Waals surface area (Å²) in [5, 5.41) is 28.6. The van der Waals surface area contributed by atoms with Gasteiger partial charge >= 0.3 is 0 Å². The van der Waals surface area contributed by atoms with Gasteiger partial charge in [-0.25, -0.2) is 4.98 Å². The Morgan fingerprint density at radius 1 is 1.13 bits per heavy atom. The molecule has 31 heavy (non-hydrogen) atoms. The Morgan fingerprint density at radius 2 is 2.00 bits per heavy atom. The van der Waals surface area contributed by atoms with Crippen LogP contribution in [0.1, 0.15) is 23.7 Å². The second-order valence-electron chi connectivity index (χ2n) is 7.89. The Labute approximate surface area is 180 Å². The molecule has 8 heteroatoms. The average Bonchev–Trinajstić information content (AvgIpc) is 3.41. The maximum atomic E-state index is 10.5. The number of aryl methyl sites for hydroxylation is 1. The molecule has 5 N–H and O–H groups in total. The highest BCUT2D eigenvalue weighted by atomic mass is 16.3. The van der Waals surface area contributed by atoms with Crippen molar-refractivity contribution in [1.82, 2.24) is 30.8 Å². The number of aromatic nitrogens is 4. The number of hydrogen-bond acceptors (Lipinski definition) is 7. The summed E-state index contributed by atoms with van der Waals surface area (Å²) >= 11 is 0. The van der Waals surface area contributed by atoms with Crippen molar-refractivity contribution in [3.05, 3.63) is 72.2 Å². The lowest BCUT2D eigenvalue weighted by atomic mass is 10.0. The van der Waals surface area contributed by atoms with Crippen LogP contribution >= 0.6 is 0 Å². The van der Waals surface area contributed by atoms with Crippen molar-refractivity contribution < 1.29 is 5.11 Å². The normalized spacial score (nSPS) is 19.5. The number of nitrogens with one attached hydrogen (secondary N) is 4. The van der Waals surface area contributed by atoms with E-state index in [2.05, 4.69) is 48.2 Å². The second kappa shape index (κ2) is 8.43. The Kier molecular flexibility index (Phi) is 5.33. The van der Waals surface area contributed by atoms with E-state index in [0.29, 0.717) is 11.9 Å². The van der Waals surface area contributed by atoms with Crippen LogP contribution < -0.4 is 16.0 Å². The highest BCUT2D eigenvalue weighted by Gasteiger charge is 2.26. The van der Waals surface area contributed by atoms with Crippen molar-refractivity contribution in [2.75, 3.05) is 11.9 Å². The summed E-state index contributed by atoms with van der Waals surface area (Å²) in [4.78, 5) is 8.70. The zero-order valence-electron chi connectivity index (χ0n) is 17.2. The highest BCUT2D eigenvalue weighted by Crippen LogP contribution is 2.27. The van der Waals surface area contributed by atoms with Crippen molar-refractivity contribution >= 4 is 16.7 Å². The summed E-state index contributed by atoms with van der Waals surface area (Å²) < 4.78 is 0. The largest absolute Gasteiger partial charge is 0.361 e. The molecule has 3 atom stereocenters. The SMILES string of the molecule is Cc1cc(-c2n[nH]c3cc(NC(O)N[C@@H]4CN[C@H](c5ccccc5)C4)ncc23)ccn1. The minimum absolute atomic E-state index is 0.158. The number of aliphatic hydroxyl groups excluding tert-OH is 1. The van der Waals surface area contributed by atoms with Crippen LogP contribution in [0.3, 0.4) is 0 Å². The van der Waals surface area contributed by atoms with Crippen molar-refractivity contribution in [3.8, 4) is 11.3 Å². The van der Waals surface area contributed by atoms with Crippen LogP contribution in [0.5, 0.6) is 0 Å². The van der Waals surface area contributed by atoms with E-state index in [-0.39, 0.29) is 6.04 Å². The number of aromatic amines is 1. The summed E-state index contributed by atoms with van der Waals surface area (Å²) in [6.45, 7) is 2.74. The van der Waals surface area contributed by atoms with E-state index in [1.165, 1.54) is 5.56 Å². The van der Waals surface area contributed by atoms with Crippen molar-refractivity contribution in [3.63, 3.8) is 0 Å². The van der Waals surface area contributed by atoms with Gasteiger partial charge in [0.25, 0.3) is 0 Å². The molecule has 1 aliphatic rings. The summed E-state index contributed by atoms with van der Waals surface area (Å²) in [7, 11) is 0. The van der Waals surface area contributed by atoms with E-state index in [1.54, 1.807) is 12.4 Å². The van der Waals surface area contributed by atoms with E-state index in [4.69, 9.17) is 0 Å². The van der Waals surface area contributed by atoms with Gasteiger partial charge in [0.1, 0.15) is 11.5 Å². The zero-order valence-corrected chi connectivity index (χ0v) is 17.2. The van der Waals surface area contributed by atoms with Gasteiger partial charge in [0.15, 0.2) is 6.35 Å². The molecule has 5 rings (SSSR count). The van der Waals surface area contributed by atoms with Crippen molar-refractivity contribution in [2.45, 2.75) is 31.8 Å². The molecule has 1 saturated heterocycles. The van der Waals surface area contributed by atoms with E-state index in [1.807, 2.05) is 43.3 Å². The van der Waals surface area contributed by atoms with Crippen LogP contribution in [0.2, 0.25) is 0 Å². The van der Waals surface area contributed by atoms with Gasteiger partial charge in [-0.1, -0.05) is 30.3 Å². The number of benzene rings is 1. The zero-order chi connectivity index (χ0) is 21.2. The standard InChI is InChI=1S/C23H25N7O/c1-14-9-16(7-8-24-14)22-18-13-26-21(11-20(18)29-30-22)28-23(31)27-17-10-19(25-12-17)15-5-3-2-4-6-15/h2-9,11,13,17,19,23,25,27,31H,10,12H2,1H3,(H,26,28)(H,29,30)/t17-,19-,23?/m0/s1. The van der Waals surface area contributed by atoms with Gasteiger partial charge in [-0.2, -0.15) is 5.10 Å². The van der Waals surface area contributed by atoms with E-state index < -0.39 is 6.35 Å². The number of pyridine rings is 2. The Balaban J connectivity index is 1.23. The quantitative estimate of drug-likeness (QED) is 0.308. The summed E-state index contributed by atoms with van der Waals surface area (Å²) in [5.74, 6) is 0.569. The molecule has 4 aromatic rings. The number of anilines is 1. The number of hydrogen-bond donors (Lipinski definition) is 5. The molecular weight excluding hydrogens is 390 g/mol. The molecule has 158 valence electrons. The number of H-pyrrole nitrogens is 1. The minimum atomic E-state index is -0.906. The minimum Gasteiger partial charge on any atom is -0.361 e. The van der Waals surface area contributed by atoms with Crippen LogP contribution in [-0.4, -0.2) is 44.2 Å². The number of aliphatic hydroxyl groups is 1. The van der Waals surface area contributed by atoms with Gasteiger partial charge in [-0.15, -0.1) is 0 Å². The van der Waals surface area contributed by atoms with Crippen molar-refractivity contribution in [1.29, 1.82) is 0 Å². The smallest absolute Gasteiger partial charge is 0.182 e. The van der Waals surface area contributed by atoms with Gasteiger partial charge in [0, 0.05) is 53.7 Å². The van der Waals surface area contributed by atoms with Crippen molar-refractivity contribution in [2.24, 2.45) is 0 Å². The van der Waals surface area contributed by atoms with Crippen LogP contribution in [0.25, 0.3) is 22.2 Å². The molecule has 0 bridgehead atoms. The predicted octanol–water partition coefficient (Wildman–Crippen LogP) is 2.71. The van der Waals surface area contributed by atoms with Crippen LogP contribution in [0, 0.1) is 6.92 Å². The lowest BCUT2D eigenvalue weighted by Gasteiger charge is -2.19. The maximum absolute atomic E-state index is 10.5. The van der Waals surface area contributed by atoms with E-state index in [9.17, 15) is 5.11 Å². The fraction of sp³-hybridized carbons (Fsp3) is 0.261. The average molecular weight is 416 g/mol. The third-order valence-electron chi connectivity index (χ3n) is 5.63. The molecule has 0 spiro atoms. The molecule has 0 aliphatic carbocycles. The van der Waals surface area contributed by atoms with Gasteiger partial charge in [0.2, 0.25) is 0 Å². The monoisotopic (exact) mass is 415 g/mol. The molecular formula is C23H25N7O. The molecule has 1 fully saturated rings. The lowest BCUT2D eigenvalue weighted by Crippen LogP contribution is -2.44. The third-order valence-corrected chi connectivity index (χ3v) is 5.63. The second-order valence-corrected chi connectivity index (χ2v) is 7.89. The molecule has 8 nitrogen and oxygen atoms in total. The molecule has 0 radical (unpaired) electrons. The van der Waals surface area contributed by atoms with E-state index >= 15 is 0 Å². The molecule has 1 aromatic carbocycles. The first kappa shape index (κ1) is 19.6. The van der Waals surface area contributed by atoms with Crippen LogP contribution in [-0.2, 0) is 0 Å². The molecule has 0 amide bonds. The predicted molar refractivity (Wildman–Crippen MR) is 120 cm³/mol. The lowest BCUT2D eigenvalue weighted by molar-refractivity contribution is 0.151. The molecule has 3 aromatic heterocycles. The van der Waals surface area contributed by atoms with Crippen LogP contribution in [0.15, 0.2) is 60.9 Å². The third kappa shape index (κ3) is 4.27. The number of fused-ring (bicyclic) bond motifs is 1. The summed E-state index contributed by atoms with van der Waals surface area (Å²) in [6.07, 6.45) is 3.54. The van der Waals surface area contributed by atoms with Gasteiger partial charge in [-0.05, 0) is 31.0 Å². The Morgan fingerprint density at radius 3 is 2.84 bits per heavy atom. The van der Waals surface area contributed by atoms with Gasteiger partial charge < -0.3 is 15.7 Å².